The topological polar surface area (TPSA) is 108 Å². The van der Waals surface area contributed by atoms with Gasteiger partial charge in [0.25, 0.3) is 0 Å². The SMILES string of the molecule is CC/C=C\C/C=C\C/C=C\C/C=C\C/C=C\C/C=C\C/C=C\C/C=C\C/C=C\CCCCCCCC(=O)OC(COC(=O)CCCCCCCC/C=C\C/C=C\C/C=C\C/C=C\C/C=C\C/C=C\CC)COP(=O)(O)OCC[N+](C)(C)C. The molecule has 0 saturated carbocycles. The number of allylic oxidation sites excluding steroid dienone is 30. The molecule has 10 heteroatoms. The summed E-state index contributed by atoms with van der Waals surface area (Å²) in [4.78, 5) is 35.8. The van der Waals surface area contributed by atoms with Gasteiger partial charge >= 0.3 is 19.8 Å². The van der Waals surface area contributed by atoms with Crippen molar-refractivity contribution in [1.82, 2.24) is 0 Å². The molecule has 0 aromatic heterocycles. The Morgan fingerprint density at radius 1 is 0.378 bits per heavy atom. The number of ether oxygens (including phenoxy) is 2. The van der Waals surface area contributed by atoms with E-state index >= 15 is 0 Å². The average Bonchev–Trinajstić information content (AvgIpc) is 3.46. The van der Waals surface area contributed by atoms with E-state index < -0.39 is 32.5 Å². The summed E-state index contributed by atoms with van der Waals surface area (Å²) in [5, 5.41) is 0. The van der Waals surface area contributed by atoms with Crippen molar-refractivity contribution in [2.24, 2.45) is 0 Å². The van der Waals surface area contributed by atoms with Gasteiger partial charge in [0, 0.05) is 12.8 Å². The zero-order valence-corrected chi connectivity index (χ0v) is 53.0. The number of phosphoric acid groups is 1. The molecule has 0 saturated heterocycles. The molecule has 0 aliphatic heterocycles. The molecule has 0 spiro atoms. The number of likely N-dealkylation sites (N-methyl/N-ethyl adjacent to an activating group) is 1. The van der Waals surface area contributed by atoms with E-state index in [9.17, 15) is 19.0 Å². The first-order valence-electron chi connectivity index (χ1n) is 31.5. The number of esters is 2. The summed E-state index contributed by atoms with van der Waals surface area (Å²) in [6, 6.07) is 0. The van der Waals surface area contributed by atoms with Gasteiger partial charge in [-0.25, -0.2) is 4.57 Å². The van der Waals surface area contributed by atoms with Crippen LogP contribution in [0.25, 0.3) is 0 Å². The minimum Gasteiger partial charge on any atom is -0.462 e. The van der Waals surface area contributed by atoms with Crippen molar-refractivity contribution in [3.63, 3.8) is 0 Å². The van der Waals surface area contributed by atoms with Crippen LogP contribution in [0.15, 0.2) is 182 Å². The number of hydrogen-bond acceptors (Lipinski definition) is 7. The number of rotatable bonds is 55. The van der Waals surface area contributed by atoms with Gasteiger partial charge in [0.05, 0.1) is 27.7 Å². The van der Waals surface area contributed by atoms with E-state index in [1.165, 1.54) is 0 Å². The summed E-state index contributed by atoms with van der Waals surface area (Å²) in [6.07, 6.45) is 93.9. The number of phosphoric ester groups is 1. The molecule has 0 fully saturated rings. The maximum absolute atomic E-state index is 12.8. The van der Waals surface area contributed by atoms with E-state index in [4.69, 9.17) is 18.5 Å². The number of unbranched alkanes of at least 4 members (excludes halogenated alkanes) is 11. The van der Waals surface area contributed by atoms with Gasteiger partial charge in [-0.1, -0.05) is 241 Å². The van der Waals surface area contributed by atoms with Crippen molar-refractivity contribution in [2.45, 2.75) is 213 Å². The Morgan fingerprint density at radius 3 is 0.976 bits per heavy atom. The van der Waals surface area contributed by atoms with Crippen LogP contribution < -0.4 is 0 Å². The number of carbonyl (C=O) groups is 2. The van der Waals surface area contributed by atoms with Crippen molar-refractivity contribution in [3.8, 4) is 0 Å². The maximum Gasteiger partial charge on any atom is 0.472 e. The molecule has 1 N–H and O–H groups in total. The summed E-state index contributed by atoms with van der Waals surface area (Å²) in [5.74, 6) is -0.853. The first-order chi connectivity index (χ1) is 40.0. The number of quaternary nitrogens is 1. The van der Waals surface area contributed by atoms with Gasteiger partial charge in [-0.2, -0.15) is 0 Å². The predicted molar refractivity (Wildman–Crippen MR) is 352 cm³/mol. The van der Waals surface area contributed by atoms with E-state index in [1.54, 1.807) is 0 Å². The number of carbonyl (C=O) groups excluding carboxylic acids is 2. The second-order valence-corrected chi connectivity index (χ2v) is 22.8. The fourth-order valence-electron chi connectivity index (χ4n) is 7.66. The summed E-state index contributed by atoms with van der Waals surface area (Å²) in [6.45, 7) is 4.13. The largest absolute Gasteiger partial charge is 0.472 e. The Labute approximate surface area is 501 Å². The fourth-order valence-corrected chi connectivity index (χ4v) is 8.40. The second kappa shape index (κ2) is 60.7. The van der Waals surface area contributed by atoms with Crippen LogP contribution in [-0.2, 0) is 32.7 Å². The number of hydrogen-bond donors (Lipinski definition) is 1. The molecular weight excluding hydrogens is 1040 g/mol. The second-order valence-electron chi connectivity index (χ2n) is 21.3. The van der Waals surface area contributed by atoms with Crippen LogP contribution in [0.2, 0.25) is 0 Å². The van der Waals surface area contributed by atoms with Gasteiger partial charge in [0.15, 0.2) is 6.10 Å². The van der Waals surface area contributed by atoms with Crippen LogP contribution >= 0.6 is 7.82 Å². The monoisotopic (exact) mass is 1150 g/mol. The van der Waals surface area contributed by atoms with Crippen LogP contribution in [0.1, 0.15) is 206 Å². The third-order valence-electron chi connectivity index (χ3n) is 12.4. The first-order valence-corrected chi connectivity index (χ1v) is 33.0. The van der Waals surface area contributed by atoms with Gasteiger partial charge in [-0.3, -0.25) is 18.6 Å². The predicted octanol–water partition coefficient (Wildman–Crippen LogP) is 20.4. The average molecular weight is 1150 g/mol. The van der Waals surface area contributed by atoms with Crippen molar-refractivity contribution in [1.29, 1.82) is 0 Å². The van der Waals surface area contributed by atoms with Crippen LogP contribution in [0.4, 0.5) is 0 Å². The molecule has 0 aliphatic carbocycles. The van der Waals surface area contributed by atoms with Crippen LogP contribution in [0.3, 0.4) is 0 Å². The molecule has 0 aromatic rings. The molecule has 0 aromatic carbocycles. The highest BCUT2D eigenvalue weighted by Crippen LogP contribution is 2.43. The minimum absolute atomic E-state index is 0.0135. The van der Waals surface area contributed by atoms with E-state index in [-0.39, 0.29) is 26.1 Å². The molecule has 0 rings (SSSR count). The summed E-state index contributed by atoms with van der Waals surface area (Å²) < 4.78 is 34.6. The van der Waals surface area contributed by atoms with Gasteiger partial charge < -0.3 is 18.9 Å². The lowest BCUT2D eigenvalue weighted by Crippen LogP contribution is -2.37. The zero-order valence-electron chi connectivity index (χ0n) is 52.1. The molecule has 2 atom stereocenters. The molecule has 0 bridgehead atoms. The van der Waals surface area contributed by atoms with Crippen LogP contribution in [0, 0.1) is 0 Å². The molecule has 0 amide bonds. The maximum atomic E-state index is 12.8. The van der Waals surface area contributed by atoms with Gasteiger partial charge in [0.1, 0.15) is 19.8 Å². The van der Waals surface area contributed by atoms with Crippen LogP contribution in [0.5, 0.6) is 0 Å². The highest BCUT2D eigenvalue weighted by Gasteiger charge is 2.27. The molecule has 82 heavy (non-hydrogen) atoms. The molecule has 0 aliphatic rings. The summed E-state index contributed by atoms with van der Waals surface area (Å²) >= 11 is 0. The Balaban J connectivity index is 4.28. The minimum atomic E-state index is -4.41. The lowest BCUT2D eigenvalue weighted by atomic mass is 10.1. The molecular formula is C72H115NO8P+. The van der Waals surface area contributed by atoms with Crippen LogP contribution in [-0.4, -0.2) is 74.9 Å². The first kappa shape index (κ1) is 77.1. The van der Waals surface area contributed by atoms with Crippen molar-refractivity contribution in [2.75, 3.05) is 47.5 Å². The molecule has 0 radical (unpaired) electrons. The molecule has 2 unspecified atom stereocenters. The molecule has 460 valence electrons. The lowest BCUT2D eigenvalue weighted by molar-refractivity contribution is -0.870. The normalized spacial score (nSPS) is 14.5. The fraction of sp³-hybridized carbons (Fsp3) is 0.556. The smallest absolute Gasteiger partial charge is 0.462 e. The van der Waals surface area contributed by atoms with E-state index in [0.29, 0.717) is 23.9 Å². The Hall–Kier alpha value is -4.89. The highest BCUT2D eigenvalue weighted by molar-refractivity contribution is 7.47. The van der Waals surface area contributed by atoms with Gasteiger partial charge in [-0.15, -0.1) is 0 Å². The van der Waals surface area contributed by atoms with E-state index in [1.807, 2.05) is 21.1 Å². The molecule has 9 nitrogen and oxygen atoms in total. The Kier molecular flexibility index (Phi) is 57.1. The van der Waals surface area contributed by atoms with Crippen molar-refractivity contribution in [3.05, 3.63) is 182 Å². The quantitative estimate of drug-likeness (QED) is 0.0211. The Bertz CT molecular complexity index is 2030. The standard InChI is InChI=1S/C72H114NO8P/c1-6-8-10-12-14-16-18-20-22-24-26-28-30-32-33-34-35-36-37-38-39-41-43-45-47-49-51-53-55-57-59-61-63-65-72(75)81-70(69-80-82(76,77)79-67-66-73(3,4)5)68-78-71(74)64-62-60-58-56-54-52-50-48-46-44-42-40-31-29-27-25-23-21-19-17-15-13-11-9-7-2/h8-11,14-17,20-23,26-29,32-33,35-36,38-40,42-43,45-46,48-49,51,70H,6-7,12-13,18-19,24-25,30-31,34,37,41,44,47,50,52-69H2,1-5H3/p+1/b10-8-,11-9-,16-14-,17-15-,22-20-,23-21-,28-26-,29-27-,33-32-,36-35-,39-38-,42-40-,45-43-,48-46-,51-49-. The van der Waals surface area contributed by atoms with Crippen molar-refractivity contribution >= 4 is 19.8 Å². The van der Waals surface area contributed by atoms with Gasteiger partial charge in [0.2, 0.25) is 0 Å². The zero-order chi connectivity index (χ0) is 59.8. The summed E-state index contributed by atoms with van der Waals surface area (Å²) in [7, 11) is 1.42. The highest BCUT2D eigenvalue weighted by atomic mass is 31.2. The van der Waals surface area contributed by atoms with Crippen molar-refractivity contribution < 1.29 is 42.1 Å². The number of nitrogens with zero attached hydrogens (tertiary/aromatic N) is 1. The van der Waals surface area contributed by atoms with E-state index in [2.05, 4.69) is 196 Å². The third-order valence-corrected chi connectivity index (χ3v) is 13.4. The third kappa shape index (κ3) is 64.3. The Morgan fingerprint density at radius 2 is 0.659 bits per heavy atom. The summed E-state index contributed by atoms with van der Waals surface area (Å²) in [5.41, 5.74) is 0. The van der Waals surface area contributed by atoms with E-state index in [0.717, 1.165) is 167 Å². The lowest BCUT2D eigenvalue weighted by Gasteiger charge is -2.24. The van der Waals surface area contributed by atoms with Gasteiger partial charge in [-0.05, 0) is 135 Å². The molecule has 0 heterocycles.